The van der Waals surface area contributed by atoms with Crippen molar-refractivity contribution in [2.75, 3.05) is 13.7 Å². The van der Waals surface area contributed by atoms with Crippen molar-refractivity contribution >= 4 is 6.34 Å². The summed E-state index contributed by atoms with van der Waals surface area (Å²) in [6, 6.07) is 8.14. The second kappa shape index (κ2) is 6.04. The maximum Gasteiger partial charge on any atom is 0.162 e. The number of fused-ring (bicyclic) bond motifs is 1. The molecule has 1 saturated carbocycles. The highest BCUT2D eigenvalue weighted by molar-refractivity contribution is 5.58. The van der Waals surface area contributed by atoms with E-state index >= 15 is 0 Å². The fourth-order valence-electron chi connectivity index (χ4n) is 3.14. The van der Waals surface area contributed by atoms with Crippen molar-refractivity contribution in [1.29, 1.82) is 5.26 Å². The number of hydrogen-bond donors (Lipinski definition) is 1. The number of aliphatic imine (C=N–C) groups is 1. The molecular formula is C16H19N3O2. The maximum atomic E-state index is 8.92. The normalized spacial score (nSPS) is 26.6. The van der Waals surface area contributed by atoms with Crippen LogP contribution in [-0.2, 0) is 0 Å². The molecule has 0 aromatic heterocycles. The van der Waals surface area contributed by atoms with Crippen LogP contribution in [0.3, 0.4) is 0 Å². The molecule has 1 aromatic rings. The van der Waals surface area contributed by atoms with Gasteiger partial charge in [0.15, 0.2) is 11.5 Å². The van der Waals surface area contributed by atoms with Crippen LogP contribution in [0.15, 0.2) is 23.2 Å². The summed E-state index contributed by atoms with van der Waals surface area (Å²) in [6.45, 7) is 0.627. The summed E-state index contributed by atoms with van der Waals surface area (Å²) in [4.78, 5) is 4.53. The smallest absolute Gasteiger partial charge is 0.162 e. The van der Waals surface area contributed by atoms with Crippen LogP contribution in [0.4, 0.5) is 0 Å². The number of hydrogen-bond acceptors (Lipinski definition) is 5. The zero-order valence-corrected chi connectivity index (χ0v) is 12.1. The Morgan fingerprint density at radius 2 is 2.29 bits per heavy atom. The molecule has 2 aliphatic rings. The van der Waals surface area contributed by atoms with Crippen molar-refractivity contribution in [3.8, 4) is 17.6 Å². The molecule has 5 heteroatoms. The molecular weight excluding hydrogens is 266 g/mol. The van der Waals surface area contributed by atoms with Gasteiger partial charge in [0, 0.05) is 18.0 Å². The van der Waals surface area contributed by atoms with Crippen LogP contribution in [0.25, 0.3) is 0 Å². The lowest BCUT2D eigenvalue weighted by Crippen LogP contribution is -2.42. The largest absolute Gasteiger partial charge is 0.493 e. The highest BCUT2D eigenvalue weighted by atomic mass is 16.5. The second-order valence-electron chi connectivity index (χ2n) is 5.52. The van der Waals surface area contributed by atoms with Gasteiger partial charge in [-0.15, -0.1) is 0 Å². The Labute approximate surface area is 124 Å². The van der Waals surface area contributed by atoms with Gasteiger partial charge >= 0.3 is 0 Å². The SMILES string of the molecule is COc1cc(C#N)ccc1OCC1CCCC2NC=NC12. The van der Waals surface area contributed by atoms with E-state index in [1.54, 1.807) is 25.3 Å². The summed E-state index contributed by atoms with van der Waals surface area (Å²) >= 11 is 0. The molecule has 21 heavy (non-hydrogen) atoms. The number of methoxy groups -OCH3 is 1. The van der Waals surface area contributed by atoms with E-state index in [2.05, 4.69) is 16.4 Å². The van der Waals surface area contributed by atoms with Crippen molar-refractivity contribution in [3.63, 3.8) is 0 Å². The Morgan fingerprint density at radius 1 is 1.38 bits per heavy atom. The predicted octanol–water partition coefficient (Wildman–Crippen LogP) is 2.11. The lowest BCUT2D eigenvalue weighted by atomic mass is 9.82. The molecule has 0 bridgehead atoms. The van der Waals surface area contributed by atoms with E-state index < -0.39 is 0 Å². The fraction of sp³-hybridized carbons (Fsp3) is 0.500. The van der Waals surface area contributed by atoms with Crippen LogP contribution in [0.2, 0.25) is 0 Å². The minimum Gasteiger partial charge on any atom is -0.493 e. The average molecular weight is 285 g/mol. The molecule has 110 valence electrons. The van der Waals surface area contributed by atoms with Gasteiger partial charge in [0.05, 0.1) is 37.7 Å². The van der Waals surface area contributed by atoms with Crippen LogP contribution in [0.5, 0.6) is 11.5 Å². The van der Waals surface area contributed by atoms with Crippen molar-refractivity contribution < 1.29 is 9.47 Å². The summed E-state index contributed by atoms with van der Waals surface area (Å²) in [6.07, 6.45) is 5.35. The third-order valence-electron chi connectivity index (χ3n) is 4.27. The van der Waals surface area contributed by atoms with Crippen molar-refractivity contribution in [2.45, 2.75) is 31.3 Å². The van der Waals surface area contributed by atoms with Crippen LogP contribution in [0.1, 0.15) is 24.8 Å². The average Bonchev–Trinajstić information content (AvgIpc) is 3.01. The van der Waals surface area contributed by atoms with Gasteiger partial charge in [-0.3, -0.25) is 4.99 Å². The molecule has 1 N–H and O–H groups in total. The Balaban J connectivity index is 1.67. The van der Waals surface area contributed by atoms with E-state index in [-0.39, 0.29) is 0 Å². The van der Waals surface area contributed by atoms with Crippen LogP contribution >= 0.6 is 0 Å². The van der Waals surface area contributed by atoms with E-state index in [0.717, 1.165) is 6.42 Å². The molecule has 1 aliphatic heterocycles. The van der Waals surface area contributed by atoms with Crippen LogP contribution in [-0.4, -0.2) is 32.1 Å². The van der Waals surface area contributed by atoms with Crippen LogP contribution in [0, 0.1) is 17.2 Å². The molecule has 1 aliphatic carbocycles. The quantitative estimate of drug-likeness (QED) is 0.920. The number of rotatable bonds is 4. The molecule has 3 atom stereocenters. The minimum absolute atomic E-state index is 0.322. The Kier molecular flexibility index (Phi) is 3.96. The van der Waals surface area contributed by atoms with Gasteiger partial charge in [-0.2, -0.15) is 5.26 Å². The Hall–Kier alpha value is -2.22. The van der Waals surface area contributed by atoms with Gasteiger partial charge in [0.1, 0.15) is 0 Å². The molecule has 1 heterocycles. The van der Waals surface area contributed by atoms with E-state index in [4.69, 9.17) is 14.7 Å². The summed E-state index contributed by atoms with van der Waals surface area (Å²) in [5, 5.41) is 12.2. The van der Waals surface area contributed by atoms with E-state index in [1.807, 2.05) is 6.34 Å². The summed E-state index contributed by atoms with van der Waals surface area (Å²) in [7, 11) is 1.59. The van der Waals surface area contributed by atoms with E-state index in [9.17, 15) is 0 Å². The highest BCUT2D eigenvalue weighted by Crippen LogP contribution is 2.32. The maximum absolute atomic E-state index is 8.92. The number of ether oxygens (including phenoxy) is 2. The van der Waals surface area contributed by atoms with Gasteiger partial charge in [0.25, 0.3) is 0 Å². The Bertz CT molecular complexity index is 579. The van der Waals surface area contributed by atoms with E-state index in [0.29, 0.717) is 41.7 Å². The lowest BCUT2D eigenvalue weighted by molar-refractivity contribution is 0.173. The first-order valence-corrected chi connectivity index (χ1v) is 7.30. The topological polar surface area (TPSA) is 66.6 Å². The zero-order chi connectivity index (χ0) is 14.7. The number of nitriles is 1. The first-order chi connectivity index (χ1) is 10.3. The third-order valence-corrected chi connectivity index (χ3v) is 4.27. The molecule has 1 fully saturated rings. The number of nitrogens with one attached hydrogen (secondary N) is 1. The predicted molar refractivity (Wildman–Crippen MR) is 79.7 cm³/mol. The Morgan fingerprint density at radius 3 is 3.10 bits per heavy atom. The van der Waals surface area contributed by atoms with Crippen LogP contribution < -0.4 is 14.8 Å². The molecule has 1 aromatic carbocycles. The molecule has 0 radical (unpaired) electrons. The first kappa shape index (κ1) is 13.7. The van der Waals surface area contributed by atoms with Gasteiger partial charge in [0.2, 0.25) is 0 Å². The number of benzene rings is 1. The second-order valence-corrected chi connectivity index (χ2v) is 5.52. The minimum atomic E-state index is 0.322. The summed E-state index contributed by atoms with van der Waals surface area (Å²) < 4.78 is 11.2. The van der Waals surface area contributed by atoms with Crippen molar-refractivity contribution in [2.24, 2.45) is 10.9 Å². The summed E-state index contributed by atoms with van der Waals surface area (Å²) in [5.74, 6) is 1.72. The van der Waals surface area contributed by atoms with Crippen molar-refractivity contribution in [3.05, 3.63) is 23.8 Å². The van der Waals surface area contributed by atoms with Gasteiger partial charge in [-0.05, 0) is 25.0 Å². The monoisotopic (exact) mass is 285 g/mol. The van der Waals surface area contributed by atoms with Crippen molar-refractivity contribution in [1.82, 2.24) is 5.32 Å². The molecule has 0 saturated heterocycles. The molecule has 3 rings (SSSR count). The summed E-state index contributed by atoms with van der Waals surface area (Å²) in [5.41, 5.74) is 0.571. The van der Waals surface area contributed by atoms with Gasteiger partial charge in [-0.25, -0.2) is 0 Å². The van der Waals surface area contributed by atoms with E-state index in [1.165, 1.54) is 12.8 Å². The fourth-order valence-corrected chi connectivity index (χ4v) is 3.14. The molecule has 3 unspecified atom stereocenters. The standard InChI is InChI=1S/C16H19N3O2/c1-20-15-7-11(8-17)5-6-14(15)21-9-12-3-2-4-13-16(12)19-10-18-13/h5-7,10,12-13,16H,2-4,9H2,1H3,(H,18,19). The molecule has 0 amide bonds. The highest BCUT2D eigenvalue weighted by Gasteiger charge is 2.35. The third kappa shape index (κ3) is 2.80. The first-order valence-electron chi connectivity index (χ1n) is 7.30. The lowest BCUT2D eigenvalue weighted by Gasteiger charge is -2.31. The number of nitrogens with zero attached hydrogens (tertiary/aromatic N) is 2. The zero-order valence-electron chi connectivity index (χ0n) is 12.1. The van der Waals surface area contributed by atoms with Gasteiger partial charge < -0.3 is 14.8 Å². The molecule has 0 spiro atoms. The van der Waals surface area contributed by atoms with Gasteiger partial charge in [-0.1, -0.05) is 6.42 Å². The molecule has 5 nitrogen and oxygen atoms in total.